The zero-order valence-corrected chi connectivity index (χ0v) is 18.2. The van der Waals surface area contributed by atoms with Gasteiger partial charge in [-0.05, 0) is 36.9 Å². The van der Waals surface area contributed by atoms with Crippen molar-refractivity contribution in [2.24, 2.45) is 5.73 Å². The number of rotatable bonds is 9. The summed E-state index contributed by atoms with van der Waals surface area (Å²) in [4.78, 5) is 41.8. The summed E-state index contributed by atoms with van der Waals surface area (Å²) in [5.41, 5.74) is 6.03. The van der Waals surface area contributed by atoms with E-state index in [9.17, 15) is 14.4 Å². The van der Waals surface area contributed by atoms with Gasteiger partial charge in [-0.2, -0.15) is 0 Å². The molecule has 1 aromatic carbocycles. The van der Waals surface area contributed by atoms with Crippen LogP contribution in [0, 0.1) is 0 Å². The smallest absolute Gasteiger partial charge is 0.262 e. The maximum Gasteiger partial charge on any atom is 0.262 e. The van der Waals surface area contributed by atoms with Gasteiger partial charge in [-0.1, -0.05) is 23.9 Å². The number of primary amides is 1. The van der Waals surface area contributed by atoms with E-state index < -0.39 is 11.2 Å². The van der Waals surface area contributed by atoms with Crippen molar-refractivity contribution in [1.82, 2.24) is 9.55 Å². The number of carbonyl (C=O) groups is 2. The lowest BCUT2D eigenvalue weighted by atomic mass is 10.2. The SMILES string of the molecule is COCCCn1c(SC(C)C(=O)Nc2sccc2C(N)=O)nc2ccccc2c1=O. The number of hydrogen-bond acceptors (Lipinski definition) is 7. The van der Waals surface area contributed by atoms with Gasteiger partial charge in [0.25, 0.3) is 11.5 Å². The lowest BCUT2D eigenvalue weighted by Crippen LogP contribution is -2.27. The number of hydrogen-bond donors (Lipinski definition) is 2. The largest absolute Gasteiger partial charge is 0.385 e. The fourth-order valence-corrected chi connectivity index (χ4v) is 4.56. The summed E-state index contributed by atoms with van der Waals surface area (Å²) >= 11 is 2.41. The van der Waals surface area contributed by atoms with Gasteiger partial charge in [0, 0.05) is 20.3 Å². The van der Waals surface area contributed by atoms with Crippen molar-refractivity contribution < 1.29 is 14.3 Å². The molecular formula is C20H22N4O4S2. The molecule has 3 aromatic rings. The quantitative estimate of drug-likeness (QED) is 0.297. The van der Waals surface area contributed by atoms with Crippen LogP contribution in [-0.2, 0) is 16.1 Å². The first-order chi connectivity index (χ1) is 14.4. The molecule has 0 saturated carbocycles. The molecule has 30 heavy (non-hydrogen) atoms. The van der Waals surface area contributed by atoms with Crippen molar-refractivity contribution in [3.05, 3.63) is 51.6 Å². The van der Waals surface area contributed by atoms with Gasteiger partial charge in [0.1, 0.15) is 5.00 Å². The van der Waals surface area contributed by atoms with Crippen LogP contribution in [-0.4, -0.2) is 40.3 Å². The number of para-hydroxylation sites is 1. The van der Waals surface area contributed by atoms with Crippen LogP contribution in [0.4, 0.5) is 5.00 Å². The highest BCUT2D eigenvalue weighted by Crippen LogP contribution is 2.27. The number of ether oxygens (including phenoxy) is 1. The molecule has 158 valence electrons. The first-order valence-corrected chi connectivity index (χ1v) is 11.0. The number of methoxy groups -OCH3 is 1. The minimum atomic E-state index is -0.602. The molecule has 10 heteroatoms. The van der Waals surface area contributed by atoms with Gasteiger partial charge in [0.2, 0.25) is 5.91 Å². The predicted octanol–water partition coefficient (Wildman–Crippen LogP) is 2.71. The van der Waals surface area contributed by atoms with E-state index >= 15 is 0 Å². The molecule has 0 fully saturated rings. The van der Waals surface area contributed by atoms with Crippen molar-refractivity contribution >= 4 is 50.8 Å². The van der Waals surface area contributed by atoms with Gasteiger partial charge < -0.3 is 15.8 Å². The van der Waals surface area contributed by atoms with Crippen molar-refractivity contribution in [2.45, 2.75) is 30.3 Å². The van der Waals surface area contributed by atoms with E-state index in [0.717, 1.165) is 0 Å². The monoisotopic (exact) mass is 446 g/mol. The second-order valence-electron chi connectivity index (χ2n) is 6.49. The summed E-state index contributed by atoms with van der Waals surface area (Å²) in [6.45, 7) is 2.66. The molecule has 3 N–H and O–H groups in total. The van der Waals surface area contributed by atoms with Crippen molar-refractivity contribution in [3.8, 4) is 0 Å². The van der Waals surface area contributed by atoms with E-state index in [1.807, 2.05) is 6.07 Å². The van der Waals surface area contributed by atoms with Crippen molar-refractivity contribution in [2.75, 3.05) is 19.0 Å². The summed E-state index contributed by atoms with van der Waals surface area (Å²) in [7, 11) is 1.61. The number of anilines is 1. The zero-order valence-electron chi connectivity index (χ0n) is 16.6. The average Bonchev–Trinajstić information content (AvgIpc) is 3.18. The van der Waals surface area contributed by atoms with Crippen LogP contribution in [0.1, 0.15) is 23.7 Å². The molecule has 0 aliphatic rings. The van der Waals surface area contributed by atoms with Gasteiger partial charge in [0.15, 0.2) is 5.16 Å². The molecule has 2 aromatic heterocycles. The predicted molar refractivity (Wildman–Crippen MR) is 119 cm³/mol. The van der Waals surface area contributed by atoms with Crippen LogP contribution in [0.2, 0.25) is 0 Å². The van der Waals surface area contributed by atoms with Gasteiger partial charge in [-0.3, -0.25) is 19.0 Å². The third kappa shape index (κ3) is 4.89. The molecule has 1 unspecified atom stereocenters. The van der Waals surface area contributed by atoms with E-state index in [2.05, 4.69) is 10.3 Å². The van der Waals surface area contributed by atoms with E-state index in [1.54, 1.807) is 48.2 Å². The maximum atomic E-state index is 13.0. The minimum absolute atomic E-state index is 0.152. The second kappa shape index (κ2) is 9.88. The van der Waals surface area contributed by atoms with Gasteiger partial charge in [0.05, 0.1) is 21.7 Å². The highest BCUT2D eigenvalue weighted by molar-refractivity contribution is 8.00. The molecule has 3 rings (SSSR count). The van der Waals surface area contributed by atoms with Crippen LogP contribution in [0.5, 0.6) is 0 Å². The minimum Gasteiger partial charge on any atom is -0.385 e. The van der Waals surface area contributed by atoms with E-state index in [0.29, 0.717) is 40.6 Å². The molecule has 0 bridgehead atoms. The summed E-state index contributed by atoms with van der Waals surface area (Å²) in [5.74, 6) is -0.911. The lowest BCUT2D eigenvalue weighted by molar-refractivity contribution is -0.115. The number of nitrogens with one attached hydrogen (secondary N) is 1. The third-order valence-electron chi connectivity index (χ3n) is 4.38. The van der Waals surface area contributed by atoms with E-state index in [4.69, 9.17) is 10.5 Å². The van der Waals surface area contributed by atoms with Crippen LogP contribution in [0.15, 0.2) is 45.7 Å². The van der Waals surface area contributed by atoms with Gasteiger partial charge >= 0.3 is 0 Å². The first kappa shape index (κ1) is 22.0. The third-order valence-corrected chi connectivity index (χ3v) is 6.30. The number of thiophene rings is 1. The average molecular weight is 447 g/mol. The Morgan fingerprint density at radius 1 is 1.33 bits per heavy atom. The highest BCUT2D eigenvalue weighted by Gasteiger charge is 2.21. The number of thioether (sulfide) groups is 1. The number of nitrogens with zero attached hydrogens (tertiary/aromatic N) is 2. The fourth-order valence-electron chi connectivity index (χ4n) is 2.83. The number of fused-ring (bicyclic) bond motifs is 1. The molecule has 0 saturated heterocycles. The Morgan fingerprint density at radius 2 is 2.10 bits per heavy atom. The summed E-state index contributed by atoms with van der Waals surface area (Å²) < 4.78 is 6.68. The molecule has 1 atom stereocenters. The maximum absolute atomic E-state index is 13.0. The standard InChI is InChI=1S/C20H22N4O4S2/c1-12(17(26)23-18-14(16(21)25)8-11-29-18)30-20-22-15-7-4-3-6-13(15)19(27)24(20)9-5-10-28-2/h3-4,6-8,11-12H,5,9-10H2,1-2H3,(H2,21,25)(H,23,26). The van der Waals surface area contributed by atoms with Crippen LogP contribution >= 0.6 is 23.1 Å². The molecule has 0 aliphatic carbocycles. The molecule has 0 spiro atoms. The Bertz CT molecular complexity index is 1130. The number of nitrogens with two attached hydrogens (primary N) is 1. The number of aromatic nitrogens is 2. The Labute approximate surface area is 181 Å². The van der Waals surface area contributed by atoms with Crippen LogP contribution in [0.25, 0.3) is 10.9 Å². The Balaban J connectivity index is 1.86. The number of carbonyl (C=O) groups excluding carboxylic acids is 2. The Morgan fingerprint density at radius 3 is 2.83 bits per heavy atom. The fraction of sp³-hybridized carbons (Fsp3) is 0.300. The first-order valence-electron chi connectivity index (χ1n) is 9.25. The van der Waals surface area contributed by atoms with E-state index in [1.165, 1.54) is 23.1 Å². The summed E-state index contributed by atoms with van der Waals surface area (Å²) in [6, 6.07) is 8.70. The van der Waals surface area contributed by atoms with Crippen LogP contribution < -0.4 is 16.6 Å². The van der Waals surface area contributed by atoms with E-state index in [-0.39, 0.29) is 17.0 Å². The Kier molecular flexibility index (Phi) is 7.24. The normalized spacial score (nSPS) is 12.1. The van der Waals surface area contributed by atoms with Crippen LogP contribution in [0.3, 0.4) is 0 Å². The number of benzene rings is 1. The van der Waals surface area contributed by atoms with Crippen molar-refractivity contribution in [1.29, 1.82) is 0 Å². The van der Waals surface area contributed by atoms with Gasteiger partial charge in [-0.15, -0.1) is 11.3 Å². The molecule has 0 radical (unpaired) electrons. The molecule has 0 aliphatic heterocycles. The molecule has 2 amide bonds. The Hall–Kier alpha value is -2.69. The zero-order chi connectivity index (χ0) is 21.7. The molecular weight excluding hydrogens is 424 g/mol. The highest BCUT2D eigenvalue weighted by atomic mass is 32.2. The topological polar surface area (TPSA) is 116 Å². The summed E-state index contributed by atoms with van der Waals surface area (Å²) in [6.07, 6.45) is 0.641. The lowest BCUT2D eigenvalue weighted by Gasteiger charge is -2.16. The second-order valence-corrected chi connectivity index (χ2v) is 8.72. The van der Waals surface area contributed by atoms with Crippen molar-refractivity contribution in [3.63, 3.8) is 0 Å². The number of amides is 2. The van der Waals surface area contributed by atoms with Gasteiger partial charge in [-0.25, -0.2) is 4.98 Å². The molecule has 2 heterocycles. The summed E-state index contributed by atoms with van der Waals surface area (Å²) in [5, 5.41) is 5.26. The molecule has 8 nitrogen and oxygen atoms in total.